The first-order valence-electron chi connectivity index (χ1n) is 11.8. The molecule has 1 saturated heterocycles. The minimum atomic E-state index is -2.76. The summed E-state index contributed by atoms with van der Waals surface area (Å²) >= 11 is 0. The van der Waals surface area contributed by atoms with Gasteiger partial charge in [0.25, 0.3) is 5.60 Å². The van der Waals surface area contributed by atoms with E-state index in [0.717, 1.165) is 54.7 Å². The number of aliphatic hydroxyl groups is 1. The van der Waals surface area contributed by atoms with Crippen LogP contribution >= 0.6 is 0 Å². The van der Waals surface area contributed by atoms with E-state index in [1.54, 1.807) is 0 Å². The van der Waals surface area contributed by atoms with Crippen molar-refractivity contribution in [1.82, 2.24) is 0 Å². The van der Waals surface area contributed by atoms with Crippen molar-refractivity contribution in [3.05, 3.63) is 23.2 Å². The van der Waals surface area contributed by atoms with E-state index in [1.165, 1.54) is 0 Å². The number of ether oxygens (including phenoxy) is 7. The average molecular weight is 571 g/mol. The number of carbonyl (C=O) groups is 7. The van der Waals surface area contributed by atoms with Crippen molar-refractivity contribution in [3.63, 3.8) is 0 Å². The third kappa shape index (κ3) is 6.65. The lowest BCUT2D eigenvalue weighted by Gasteiger charge is -2.50. The van der Waals surface area contributed by atoms with Gasteiger partial charge in [0.1, 0.15) is 24.0 Å². The molecule has 0 spiro atoms. The van der Waals surface area contributed by atoms with E-state index in [1.807, 2.05) is 0 Å². The molecule has 0 aromatic rings. The predicted molar refractivity (Wildman–Crippen MR) is 127 cm³/mol. The Labute approximate surface area is 228 Å². The normalized spacial score (nSPS) is 28.0. The number of hydrogen-bond acceptors (Lipinski definition) is 15. The fraction of sp³-hybridized carbons (Fsp3) is 0.560. The number of ketones is 2. The van der Waals surface area contributed by atoms with E-state index in [2.05, 4.69) is 0 Å². The summed E-state index contributed by atoms with van der Waals surface area (Å²) in [5.74, 6) is -8.37. The summed E-state index contributed by atoms with van der Waals surface area (Å²) in [5.41, 5.74) is -3.57. The summed E-state index contributed by atoms with van der Waals surface area (Å²) in [7, 11) is 1.05. The lowest BCUT2D eigenvalue weighted by molar-refractivity contribution is -0.278. The molecule has 6 atom stereocenters. The molecule has 0 aromatic heterocycles. The topological polar surface area (TPSA) is 204 Å². The van der Waals surface area contributed by atoms with E-state index in [-0.39, 0.29) is 0 Å². The number of carbonyl (C=O) groups excluding carboxylic acids is 7. The van der Waals surface area contributed by atoms with Crippen molar-refractivity contribution in [1.29, 1.82) is 0 Å². The molecule has 15 nitrogen and oxygen atoms in total. The number of methoxy groups -OCH3 is 1. The molecule has 1 fully saturated rings. The average Bonchev–Trinajstić information content (AvgIpc) is 2.80. The Bertz CT molecular complexity index is 1160. The summed E-state index contributed by atoms with van der Waals surface area (Å²) in [5, 5.41) is 10.4. The molecule has 0 aromatic carbocycles. The number of esters is 5. The molecule has 0 saturated carbocycles. The molecule has 1 heterocycles. The van der Waals surface area contributed by atoms with Gasteiger partial charge in [0.05, 0.1) is 7.11 Å². The van der Waals surface area contributed by atoms with Crippen molar-refractivity contribution in [2.45, 2.75) is 77.7 Å². The Morgan fingerprint density at radius 1 is 0.825 bits per heavy atom. The predicted octanol–water partition coefficient (Wildman–Crippen LogP) is -0.0720. The summed E-state index contributed by atoms with van der Waals surface area (Å²) in [6.07, 6.45) is -7.86. The minimum absolute atomic E-state index is 0.559. The Hall–Kier alpha value is -4.27. The summed E-state index contributed by atoms with van der Waals surface area (Å²) in [6.45, 7) is 5.27. The molecule has 15 heteroatoms. The molecule has 220 valence electrons. The van der Waals surface area contributed by atoms with Gasteiger partial charge in [0, 0.05) is 40.7 Å². The Kier molecular flexibility index (Phi) is 10.2. The largest absolute Gasteiger partial charge is 0.507 e. The summed E-state index contributed by atoms with van der Waals surface area (Å²) in [6, 6.07) is 0. The highest BCUT2D eigenvalue weighted by molar-refractivity contribution is 6.25. The molecular weight excluding hydrogens is 540 g/mol. The van der Waals surface area contributed by atoms with E-state index >= 15 is 0 Å². The van der Waals surface area contributed by atoms with Crippen LogP contribution in [0.1, 0.15) is 41.5 Å². The third-order valence-corrected chi connectivity index (χ3v) is 5.72. The summed E-state index contributed by atoms with van der Waals surface area (Å²) in [4.78, 5) is 86.8. The van der Waals surface area contributed by atoms with Crippen LogP contribution in [0.15, 0.2) is 23.2 Å². The zero-order valence-corrected chi connectivity index (χ0v) is 22.8. The Morgan fingerprint density at radius 2 is 1.35 bits per heavy atom. The number of allylic oxidation sites excluding steroid dienone is 1. The molecule has 2 aliphatic rings. The van der Waals surface area contributed by atoms with Crippen LogP contribution in [0.25, 0.3) is 0 Å². The van der Waals surface area contributed by atoms with Crippen molar-refractivity contribution in [3.8, 4) is 0 Å². The van der Waals surface area contributed by atoms with E-state index < -0.39 is 101 Å². The first kappa shape index (κ1) is 31.9. The molecule has 1 N–H and O–H groups in total. The second-order valence-electron chi connectivity index (χ2n) is 8.81. The van der Waals surface area contributed by atoms with E-state index in [0.29, 0.717) is 0 Å². The van der Waals surface area contributed by atoms with E-state index in [9.17, 15) is 38.7 Å². The van der Waals surface area contributed by atoms with Crippen LogP contribution in [0, 0.1) is 0 Å². The van der Waals surface area contributed by atoms with Gasteiger partial charge in [-0.25, -0.2) is 0 Å². The standard InChI is InChI=1S/C25H30O15/c1-10(26)19-16(32)8-18(34-7)25(23(19)33,40-15(6)31)24-22(38-14(5)30)21(37-13(4)29)20(36-12(3)28)17(39-24)9-35-11(2)27/h8,17,20-22,24,32H,9H2,1-7H3/t17-,20-,21+,22-,24-,25+/m1/s1. The summed E-state index contributed by atoms with van der Waals surface area (Å²) < 4.78 is 37.9. The SMILES string of the molecule is COC1=CC(O)=C(C(C)=O)C(=O)[C@]1(OC(C)=O)[C@@H]1O[C@H](COC(C)=O)[C@@H](OC(C)=O)[C@H](OC(C)=O)[C@H]1OC(C)=O. The first-order chi connectivity index (χ1) is 18.6. The van der Waals surface area contributed by atoms with Gasteiger partial charge >= 0.3 is 29.8 Å². The van der Waals surface area contributed by atoms with Crippen LogP contribution in [0.3, 0.4) is 0 Å². The van der Waals surface area contributed by atoms with Crippen LogP contribution < -0.4 is 0 Å². The fourth-order valence-corrected chi connectivity index (χ4v) is 4.47. The number of hydrogen-bond donors (Lipinski definition) is 1. The number of aliphatic hydroxyl groups excluding tert-OH is 1. The third-order valence-electron chi connectivity index (χ3n) is 5.72. The van der Waals surface area contributed by atoms with Gasteiger partial charge in [-0.1, -0.05) is 0 Å². The lowest BCUT2D eigenvalue weighted by atomic mass is 9.75. The van der Waals surface area contributed by atoms with Gasteiger partial charge in [-0.2, -0.15) is 0 Å². The zero-order valence-electron chi connectivity index (χ0n) is 22.8. The van der Waals surface area contributed by atoms with Crippen LogP contribution in [-0.2, 0) is 66.7 Å². The molecule has 0 bridgehead atoms. The van der Waals surface area contributed by atoms with Crippen molar-refractivity contribution in [2.24, 2.45) is 0 Å². The van der Waals surface area contributed by atoms with Gasteiger partial charge in [0.15, 0.2) is 36.0 Å². The van der Waals surface area contributed by atoms with Gasteiger partial charge in [-0.15, -0.1) is 0 Å². The van der Waals surface area contributed by atoms with Crippen LogP contribution in [0.2, 0.25) is 0 Å². The second kappa shape index (κ2) is 12.7. The van der Waals surface area contributed by atoms with Gasteiger partial charge in [-0.05, 0) is 6.92 Å². The maximum Gasteiger partial charge on any atom is 0.304 e. The Balaban J connectivity index is 2.94. The van der Waals surface area contributed by atoms with Crippen molar-refractivity contribution < 1.29 is 71.8 Å². The maximum absolute atomic E-state index is 14.0. The molecule has 1 aliphatic carbocycles. The lowest BCUT2D eigenvalue weighted by Crippen LogP contribution is -2.71. The van der Waals surface area contributed by atoms with Crippen molar-refractivity contribution >= 4 is 41.4 Å². The van der Waals surface area contributed by atoms with Gasteiger partial charge < -0.3 is 38.3 Å². The first-order valence-corrected chi connectivity index (χ1v) is 11.8. The molecule has 2 rings (SSSR count). The number of Topliss-reactive ketones (excluding diaryl/α,β-unsaturated/α-hetero) is 2. The molecule has 0 radical (unpaired) electrons. The fourth-order valence-electron chi connectivity index (χ4n) is 4.47. The van der Waals surface area contributed by atoms with E-state index in [4.69, 9.17) is 33.2 Å². The van der Waals surface area contributed by atoms with Crippen LogP contribution in [-0.4, -0.2) is 96.4 Å². The molecule has 0 unspecified atom stereocenters. The Morgan fingerprint density at radius 3 is 1.80 bits per heavy atom. The van der Waals surface area contributed by atoms with Crippen LogP contribution in [0.4, 0.5) is 0 Å². The highest BCUT2D eigenvalue weighted by Gasteiger charge is 2.67. The van der Waals surface area contributed by atoms with Crippen LogP contribution in [0.5, 0.6) is 0 Å². The molecule has 1 aliphatic heterocycles. The zero-order chi connectivity index (χ0) is 30.5. The van der Waals surface area contributed by atoms with Gasteiger partial charge in [-0.3, -0.25) is 33.6 Å². The smallest absolute Gasteiger partial charge is 0.304 e. The second-order valence-corrected chi connectivity index (χ2v) is 8.81. The minimum Gasteiger partial charge on any atom is -0.507 e. The molecule has 40 heavy (non-hydrogen) atoms. The molecule has 0 amide bonds. The molecular formula is C25H30O15. The van der Waals surface area contributed by atoms with Crippen molar-refractivity contribution in [2.75, 3.05) is 13.7 Å². The monoisotopic (exact) mass is 570 g/mol. The highest BCUT2D eigenvalue weighted by Crippen LogP contribution is 2.44. The maximum atomic E-state index is 14.0. The van der Waals surface area contributed by atoms with Gasteiger partial charge in [0.2, 0.25) is 5.78 Å². The quantitative estimate of drug-likeness (QED) is 0.219. The number of rotatable bonds is 9. The highest BCUT2D eigenvalue weighted by atomic mass is 16.7.